The standard InChI is InChI=1S/C10H15N4O15P3/c1-25-32(24,29-31(22,23)28-30(19,20)21)27-9-5(16)4(15)8(26-9)14-2-11-3-6(14)12-10(18)13-7(3)17/h2,4-5,8-9,15-16H,1H3,(H,22,23)(H2,19,20,21)(H2,12,13,17,18)/t4-,5-,8?,9-,32?/m1/s1. The molecule has 32 heavy (non-hydrogen) atoms. The summed E-state index contributed by atoms with van der Waals surface area (Å²) in [5, 5.41) is 20.4. The molecule has 1 fully saturated rings. The molecule has 22 heteroatoms. The van der Waals surface area contributed by atoms with Gasteiger partial charge in [0.25, 0.3) is 5.56 Å². The molecule has 1 saturated heterocycles. The SMILES string of the molecule is COP(=O)(O[C@H]1OC(n2cnc3c(=O)[nH]c(=O)[nH]c32)[C@H](O)[C@H]1O)OP(=O)(O)OP(=O)(O)O. The number of imidazole rings is 1. The first-order chi connectivity index (χ1) is 14.6. The van der Waals surface area contributed by atoms with Gasteiger partial charge >= 0.3 is 29.2 Å². The average molecular weight is 524 g/mol. The summed E-state index contributed by atoms with van der Waals surface area (Å²) in [5.41, 5.74) is -2.28. The molecule has 2 aromatic heterocycles. The Hall–Kier alpha value is -1.56. The lowest BCUT2D eigenvalue weighted by atomic mass is 10.2. The van der Waals surface area contributed by atoms with E-state index in [1.54, 1.807) is 0 Å². The zero-order valence-electron chi connectivity index (χ0n) is 15.4. The molecule has 0 bridgehead atoms. The highest BCUT2D eigenvalue weighted by Gasteiger charge is 2.51. The Bertz CT molecular complexity index is 1260. The van der Waals surface area contributed by atoms with Gasteiger partial charge in [0.1, 0.15) is 17.9 Å². The molecule has 0 spiro atoms. The van der Waals surface area contributed by atoms with Crippen molar-refractivity contribution in [2.45, 2.75) is 24.7 Å². The summed E-state index contributed by atoms with van der Waals surface area (Å²) in [6.07, 6.45) is -6.60. The van der Waals surface area contributed by atoms with Crippen molar-refractivity contribution < 1.29 is 61.0 Å². The highest BCUT2D eigenvalue weighted by molar-refractivity contribution is 7.66. The van der Waals surface area contributed by atoms with Gasteiger partial charge in [-0.3, -0.25) is 28.4 Å². The zero-order valence-corrected chi connectivity index (χ0v) is 18.1. The predicted octanol–water partition coefficient (Wildman–Crippen LogP) is -2.01. The van der Waals surface area contributed by atoms with E-state index in [4.69, 9.17) is 19.0 Å². The van der Waals surface area contributed by atoms with Crippen LogP contribution in [0.4, 0.5) is 0 Å². The molecular formula is C10H15N4O15P3. The second kappa shape index (κ2) is 8.66. The molecule has 3 unspecified atom stereocenters. The molecule has 0 radical (unpaired) electrons. The highest BCUT2D eigenvalue weighted by Crippen LogP contribution is 2.68. The van der Waals surface area contributed by atoms with Crippen LogP contribution < -0.4 is 11.2 Å². The van der Waals surface area contributed by atoms with Gasteiger partial charge in [-0.25, -0.2) is 23.5 Å². The van der Waals surface area contributed by atoms with Gasteiger partial charge in [-0.15, -0.1) is 0 Å². The van der Waals surface area contributed by atoms with Crippen molar-refractivity contribution in [3.05, 3.63) is 27.2 Å². The van der Waals surface area contributed by atoms with Crippen molar-refractivity contribution in [1.82, 2.24) is 19.5 Å². The van der Waals surface area contributed by atoms with Crippen LogP contribution in [0.15, 0.2) is 15.9 Å². The van der Waals surface area contributed by atoms with Gasteiger partial charge in [0.05, 0.1) is 6.33 Å². The first-order valence-corrected chi connectivity index (χ1v) is 12.5. The van der Waals surface area contributed by atoms with E-state index in [0.29, 0.717) is 7.11 Å². The van der Waals surface area contributed by atoms with Crippen LogP contribution in [0, 0.1) is 0 Å². The third-order valence-electron chi connectivity index (χ3n) is 3.81. The Morgan fingerprint density at radius 3 is 2.34 bits per heavy atom. The number of fused-ring (bicyclic) bond motifs is 1. The number of rotatable bonds is 8. The summed E-state index contributed by atoms with van der Waals surface area (Å²) in [6.45, 7) is 0. The van der Waals surface area contributed by atoms with E-state index in [9.17, 15) is 38.4 Å². The number of aliphatic hydroxyl groups is 2. The Labute approximate surface area is 175 Å². The zero-order chi connectivity index (χ0) is 24.1. The Morgan fingerprint density at radius 2 is 1.75 bits per heavy atom. The highest BCUT2D eigenvalue weighted by atomic mass is 31.3. The van der Waals surface area contributed by atoms with Crippen LogP contribution in [0.3, 0.4) is 0 Å². The van der Waals surface area contributed by atoms with Crippen molar-refractivity contribution in [1.29, 1.82) is 0 Å². The molecule has 19 nitrogen and oxygen atoms in total. The van der Waals surface area contributed by atoms with E-state index in [1.165, 1.54) is 0 Å². The first kappa shape index (κ1) is 25.1. The number of aromatic amines is 2. The number of nitrogens with zero attached hydrogens (tertiary/aromatic N) is 2. The fourth-order valence-electron chi connectivity index (χ4n) is 2.59. The molecular weight excluding hydrogens is 509 g/mol. The molecule has 1 aliphatic heterocycles. The van der Waals surface area contributed by atoms with Crippen LogP contribution in [0.1, 0.15) is 6.23 Å². The predicted molar refractivity (Wildman–Crippen MR) is 96.6 cm³/mol. The van der Waals surface area contributed by atoms with E-state index in [-0.39, 0.29) is 11.2 Å². The lowest BCUT2D eigenvalue weighted by molar-refractivity contribution is -0.134. The summed E-state index contributed by atoms with van der Waals surface area (Å²) >= 11 is 0. The largest absolute Gasteiger partial charge is 0.490 e. The number of aromatic nitrogens is 4. The van der Waals surface area contributed by atoms with E-state index in [1.807, 2.05) is 4.98 Å². The maximum atomic E-state index is 12.5. The Morgan fingerprint density at radius 1 is 1.09 bits per heavy atom. The molecule has 0 saturated carbocycles. The van der Waals surface area contributed by atoms with Crippen LogP contribution in [0.5, 0.6) is 0 Å². The van der Waals surface area contributed by atoms with Gasteiger partial charge in [0.2, 0.25) is 0 Å². The molecule has 0 aliphatic carbocycles. The van der Waals surface area contributed by atoms with Gasteiger partial charge in [-0.05, 0) is 0 Å². The monoisotopic (exact) mass is 524 g/mol. The van der Waals surface area contributed by atoms with Crippen molar-refractivity contribution >= 4 is 34.6 Å². The van der Waals surface area contributed by atoms with E-state index >= 15 is 0 Å². The number of hydrogen-bond donors (Lipinski definition) is 7. The van der Waals surface area contributed by atoms with Crippen LogP contribution >= 0.6 is 23.5 Å². The normalized spacial score (nSPS) is 27.9. The van der Waals surface area contributed by atoms with Crippen LogP contribution in [0.25, 0.3) is 11.2 Å². The minimum Gasteiger partial charge on any atom is -0.385 e. The van der Waals surface area contributed by atoms with Crippen LogP contribution in [-0.2, 0) is 36.1 Å². The molecule has 7 N–H and O–H groups in total. The number of ether oxygens (including phenoxy) is 1. The molecule has 3 rings (SSSR count). The minimum absolute atomic E-state index is 0.225. The van der Waals surface area contributed by atoms with E-state index in [2.05, 4.69) is 23.1 Å². The summed E-state index contributed by atoms with van der Waals surface area (Å²) in [5.74, 6) is 0. The smallest absolute Gasteiger partial charge is 0.385 e. The van der Waals surface area contributed by atoms with Crippen molar-refractivity contribution in [2.75, 3.05) is 7.11 Å². The number of aliphatic hydroxyl groups excluding tert-OH is 2. The number of phosphoric ester groups is 1. The van der Waals surface area contributed by atoms with Crippen molar-refractivity contribution in [3.63, 3.8) is 0 Å². The second-order valence-electron chi connectivity index (χ2n) is 5.99. The molecule has 6 atom stereocenters. The fourth-order valence-corrected chi connectivity index (χ4v) is 6.00. The number of hydrogen-bond acceptors (Lipinski definition) is 13. The molecule has 2 aromatic rings. The average Bonchev–Trinajstić information content (AvgIpc) is 3.15. The summed E-state index contributed by atoms with van der Waals surface area (Å²) < 4.78 is 57.5. The van der Waals surface area contributed by atoms with Crippen molar-refractivity contribution in [3.8, 4) is 0 Å². The Kier molecular flexibility index (Phi) is 6.78. The maximum absolute atomic E-state index is 12.5. The molecule has 180 valence electrons. The van der Waals surface area contributed by atoms with Gasteiger partial charge in [0.15, 0.2) is 18.0 Å². The van der Waals surface area contributed by atoms with Gasteiger partial charge in [-0.1, -0.05) is 0 Å². The van der Waals surface area contributed by atoms with Gasteiger partial charge in [-0.2, -0.15) is 8.62 Å². The quantitative estimate of drug-likeness (QED) is 0.184. The van der Waals surface area contributed by atoms with Gasteiger partial charge in [0, 0.05) is 7.11 Å². The summed E-state index contributed by atoms with van der Waals surface area (Å²) in [6, 6.07) is 0. The lowest BCUT2D eigenvalue weighted by Gasteiger charge is -2.22. The molecule has 0 aromatic carbocycles. The topological polar surface area (TPSA) is 282 Å². The Balaban J connectivity index is 1.85. The molecule has 0 amide bonds. The number of phosphoric acid groups is 3. The number of H-pyrrole nitrogens is 2. The number of nitrogens with one attached hydrogen (secondary N) is 2. The molecule has 3 heterocycles. The van der Waals surface area contributed by atoms with Crippen molar-refractivity contribution in [2.24, 2.45) is 0 Å². The first-order valence-electron chi connectivity index (χ1n) is 8.00. The third kappa shape index (κ3) is 5.32. The lowest BCUT2D eigenvalue weighted by Crippen LogP contribution is -2.32. The maximum Gasteiger partial charge on any atom is 0.490 e. The van der Waals surface area contributed by atoms with Crippen LogP contribution in [-0.4, -0.2) is 70.0 Å². The summed E-state index contributed by atoms with van der Waals surface area (Å²) in [7, 11) is -15.9. The van der Waals surface area contributed by atoms with Crippen LogP contribution in [0.2, 0.25) is 0 Å². The van der Waals surface area contributed by atoms with Gasteiger partial charge < -0.3 is 29.6 Å². The summed E-state index contributed by atoms with van der Waals surface area (Å²) in [4.78, 5) is 57.7. The van der Waals surface area contributed by atoms with E-state index < -0.39 is 59.4 Å². The van der Waals surface area contributed by atoms with E-state index in [0.717, 1.165) is 10.9 Å². The minimum atomic E-state index is -5.72. The third-order valence-corrected chi connectivity index (χ3v) is 8.02. The second-order valence-corrected chi connectivity index (χ2v) is 10.7. The molecule has 1 aliphatic rings. The fraction of sp³-hybridized carbons (Fsp3) is 0.500.